The van der Waals surface area contributed by atoms with Crippen LogP contribution in [0.3, 0.4) is 0 Å². The second-order valence-corrected chi connectivity index (χ2v) is 5.57. The fourth-order valence-electron chi connectivity index (χ4n) is 1.48. The highest BCUT2D eigenvalue weighted by Crippen LogP contribution is 2.11. The predicted octanol–water partition coefficient (Wildman–Crippen LogP) is 1.14. The first kappa shape index (κ1) is 14.1. The second-order valence-electron chi connectivity index (χ2n) is 5.57. The Hall–Kier alpha value is -0.940. The number of aliphatic hydroxyl groups excluding tert-OH is 1. The highest BCUT2D eigenvalue weighted by Gasteiger charge is 2.14. The molecule has 1 atom stereocenters. The molecule has 5 heteroatoms. The van der Waals surface area contributed by atoms with Gasteiger partial charge < -0.3 is 10.4 Å². The summed E-state index contributed by atoms with van der Waals surface area (Å²) in [6, 6.07) is 0. The highest BCUT2D eigenvalue weighted by molar-refractivity contribution is 4.94. The van der Waals surface area contributed by atoms with Crippen molar-refractivity contribution < 1.29 is 5.11 Å². The van der Waals surface area contributed by atoms with E-state index in [0.717, 1.165) is 25.2 Å². The van der Waals surface area contributed by atoms with Crippen LogP contribution in [0, 0.1) is 5.92 Å². The van der Waals surface area contributed by atoms with E-state index in [0.29, 0.717) is 5.92 Å². The minimum atomic E-state index is -0.0184. The van der Waals surface area contributed by atoms with Gasteiger partial charge in [-0.2, -0.15) is 0 Å². The van der Waals surface area contributed by atoms with Gasteiger partial charge in [0.25, 0.3) is 0 Å². The molecule has 1 rings (SSSR count). The van der Waals surface area contributed by atoms with Crippen LogP contribution in [0.2, 0.25) is 0 Å². The van der Waals surface area contributed by atoms with Gasteiger partial charge in [-0.15, -0.1) is 5.10 Å². The Morgan fingerprint density at radius 1 is 1.47 bits per heavy atom. The first-order valence-electron chi connectivity index (χ1n) is 6.16. The van der Waals surface area contributed by atoms with Crippen LogP contribution in [0.1, 0.15) is 39.8 Å². The molecule has 0 saturated carbocycles. The Kier molecular flexibility index (Phi) is 5.08. The maximum atomic E-state index is 8.79. The normalized spacial score (nSPS) is 13.9. The molecular weight excluding hydrogens is 216 g/mol. The minimum Gasteiger partial charge on any atom is -0.396 e. The number of rotatable bonds is 6. The van der Waals surface area contributed by atoms with Gasteiger partial charge in [0.05, 0.1) is 17.4 Å². The van der Waals surface area contributed by atoms with Crippen LogP contribution in [0.25, 0.3) is 0 Å². The van der Waals surface area contributed by atoms with Crippen molar-refractivity contribution in [3.05, 3.63) is 11.9 Å². The fraction of sp³-hybridized carbons (Fsp3) is 0.833. The van der Waals surface area contributed by atoms with Crippen molar-refractivity contribution in [2.24, 2.45) is 5.92 Å². The molecule has 0 aliphatic carbocycles. The van der Waals surface area contributed by atoms with Crippen molar-refractivity contribution in [1.29, 1.82) is 0 Å². The van der Waals surface area contributed by atoms with Crippen LogP contribution in [-0.4, -0.2) is 33.3 Å². The predicted molar refractivity (Wildman–Crippen MR) is 67.6 cm³/mol. The van der Waals surface area contributed by atoms with E-state index in [1.165, 1.54) is 0 Å². The maximum Gasteiger partial charge on any atom is 0.0965 e. The summed E-state index contributed by atoms with van der Waals surface area (Å²) in [6.45, 7) is 10.3. The topological polar surface area (TPSA) is 63.0 Å². The third kappa shape index (κ3) is 4.83. The van der Waals surface area contributed by atoms with Crippen LogP contribution < -0.4 is 5.32 Å². The molecule has 0 spiro atoms. The van der Waals surface area contributed by atoms with E-state index in [1.807, 2.05) is 10.9 Å². The van der Waals surface area contributed by atoms with Gasteiger partial charge in [0, 0.05) is 13.2 Å². The smallest absolute Gasteiger partial charge is 0.0965 e. The van der Waals surface area contributed by atoms with Gasteiger partial charge in [0.1, 0.15) is 0 Å². The molecular formula is C12H24N4O. The van der Waals surface area contributed by atoms with Gasteiger partial charge in [-0.25, -0.2) is 4.68 Å². The lowest BCUT2D eigenvalue weighted by molar-refractivity contribution is 0.260. The highest BCUT2D eigenvalue weighted by atomic mass is 16.3. The summed E-state index contributed by atoms with van der Waals surface area (Å²) in [4.78, 5) is 0. The van der Waals surface area contributed by atoms with E-state index in [1.54, 1.807) is 0 Å². The summed E-state index contributed by atoms with van der Waals surface area (Å²) in [6.07, 6.45) is 2.81. The quantitative estimate of drug-likeness (QED) is 0.783. The third-order valence-corrected chi connectivity index (χ3v) is 2.65. The number of nitrogens with one attached hydrogen (secondary N) is 1. The Morgan fingerprint density at radius 3 is 2.71 bits per heavy atom. The molecule has 2 N–H and O–H groups in total. The third-order valence-electron chi connectivity index (χ3n) is 2.65. The van der Waals surface area contributed by atoms with Crippen LogP contribution in [-0.2, 0) is 12.1 Å². The molecule has 0 fully saturated rings. The molecule has 1 aromatic heterocycles. The van der Waals surface area contributed by atoms with Crippen molar-refractivity contribution in [3.8, 4) is 0 Å². The molecule has 0 amide bonds. The molecule has 1 aromatic rings. The summed E-state index contributed by atoms with van der Waals surface area (Å²) in [5.74, 6) is 0.484. The van der Waals surface area contributed by atoms with Gasteiger partial charge in [-0.05, 0) is 39.7 Å². The molecule has 0 radical (unpaired) electrons. The van der Waals surface area contributed by atoms with E-state index in [4.69, 9.17) is 5.11 Å². The molecule has 0 bridgehead atoms. The Balaban J connectivity index is 2.35. The minimum absolute atomic E-state index is 0.0184. The first-order valence-corrected chi connectivity index (χ1v) is 6.16. The molecule has 0 saturated heterocycles. The maximum absolute atomic E-state index is 8.79. The van der Waals surface area contributed by atoms with Crippen LogP contribution in [0.5, 0.6) is 0 Å². The average molecular weight is 240 g/mol. The standard InChI is InChI=1S/C12H24N4O/c1-10(5-6-17)7-13-8-11-9-16(15-14-11)12(2,3)4/h9-10,13,17H,5-8H2,1-4H3. The van der Waals surface area contributed by atoms with E-state index in [-0.39, 0.29) is 12.1 Å². The molecule has 1 unspecified atom stereocenters. The first-order chi connectivity index (χ1) is 7.93. The lowest BCUT2D eigenvalue weighted by atomic mass is 10.1. The number of aromatic nitrogens is 3. The summed E-state index contributed by atoms with van der Waals surface area (Å²) in [5, 5.41) is 20.4. The SMILES string of the molecule is CC(CCO)CNCc1cn(C(C)(C)C)nn1. The van der Waals surface area contributed by atoms with E-state index in [2.05, 4.69) is 43.3 Å². The molecule has 5 nitrogen and oxygen atoms in total. The summed E-state index contributed by atoms with van der Waals surface area (Å²) < 4.78 is 1.88. The average Bonchev–Trinajstić information content (AvgIpc) is 2.66. The zero-order valence-electron chi connectivity index (χ0n) is 11.3. The monoisotopic (exact) mass is 240 g/mol. The largest absolute Gasteiger partial charge is 0.396 e. The zero-order valence-corrected chi connectivity index (χ0v) is 11.3. The Labute approximate surface area is 103 Å². The van der Waals surface area contributed by atoms with Crippen molar-refractivity contribution in [3.63, 3.8) is 0 Å². The second kappa shape index (κ2) is 6.12. The van der Waals surface area contributed by atoms with Crippen LogP contribution in [0.4, 0.5) is 0 Å². The number of aliphatic hydroxyl groups is 1. The fourth-order valence-corrected chi connectivity index (χ4v) is 1.48. The van der Waals surface area contributed by atoms with Gasteiger partial charge in [-0.1, -0.05) is 12.1 Å². The van der Waals surface area contributed by atoms with E-state index < -0.39 is 0 Å². The molecule has 98 valence electrons. The zero-order chi connectivity index (χ0) is 12.9. The Bertz CT molecular complexity index is 329. The number of hydrogen-bond donors (Lipinski definition) is 2. The molecule has 0 aliphatic rings. The van der Waals surface area contributed by atoms with Gasteiger partial charge in [0.15, 0.2) is 0 Å². The van der Waals surface area contributed by atoms with Gasteiger partial charge in [0.2, 0.25) is 0 Å². The summed E-state index contributed by atoms with van der Waals surface area (Å²) >= 11 is 0. The van der Waals surface area contributed by atoms with E-state index in [9.17, 15) is 0 Å². The van der Waals surface area contributed by atoms with Crippen molar-refractivity contribution in [2.45, 2.75) is 46.2 Å². The Morgan fingerprint density at radius 2 is 2.18 bits per heavy atom. The van der Waals surface area contributed by atoms with Gasteiger partial charge in [-0.3, -0.25) is 0 Å². The molecule has 0 aromatic carbocycles. The number of nitrogens with zero attached hydrogens (tertiary/aromatic N) is 3. The van der Waals surface area contributed by atoms with Crippen molar-refractivity contribution >= 4 is 0 Å². The molecule has 0 aliphatic heterocycles. The van der Waals surface area contributed by atoms with Crippen LogP contribution >= 0.6 is 0 Å². The van der Waals surface area contributed by atoms with Crippen LogP contribution in [0.15, 0.2) is 6.20 Å². The summed E-state index contributed by atoms with van der Waals surface area (Å²) in [7, 11) is 0. The van der Waals surface area contributed by atoms with Gasteiger partial charge >= 0.3 is 0 Å². The lowest BCUT2D eigenvalue weighted by Gasteiger charge is -2.17. The number of hydrogen-bond acceptors (Lipinski definition) is 4. The molecule has 17 heavy (non-hydrogen) atoms. The molecule has 1 heterocycles. The van der Waals surface area contributed by atoms with Crippen molar-refractivity contribution in [1.82, 2.24) is 20.3 Å². The summed E-state index contributed by atoms with van der Waals surface area (Å²) in [5.41, 5.74) is 0.936. The lowest BCUT2D eigenvalue weighted by Crippen LogP contribution is -2.23. The van der Waals surface area contributed by atoms with Crippen molar-refractivity contribution in [2.75, 3.05) is 13.2 Å². The van der Waals surface area contributed by atoms with E-state index >= 15 is 0 Å².